The van der Waals surface area contributed by atoms with Crippen LogP contribution in [-0.2, 0) is 14.8 Å². The van der Waals surface area contributed by atoms with Crippen LogP contribution in [-0.4, -0.2) is 55.2 Å². The van der Waals surface area contributed by atoms with E-state index in [1.54, 1.807) is 22.5 Å². The molecule has 0 radical (unpaired) electrons. The largest absolute Gasteiger partial charge is 0.381 e. The number of rotatable bonds is 5. The van der Waals surface area contributed by atoms with Crippen LogP contribution in [0, 0.1) is 10.1 Å². The maximum atomic E-state index is 12.7. The summed E-state index contributed by atoms with van der Waals surface area (Å²) in [7, 11) is -3.29. The van der Waals surface area contributed by atoms with Gasteiger partial charge in [0.05, 0.1) is 10.2 Å². The lowest BCUT2D eigenvalue weighted by molar-refractivity contribution is -0.384. The average molecular weight is 369 g/mol. The highest BCUT2D eigenvalue weighted by Crippen LogP contribution is 2.28. The number of hydrogen-bond acceptors (Lipinski definition) is 6. The predicted octanol–water partition coefficient (Wildman–Crippen LogP) is 1.98. The van der Waals surface area contributed by atoms with E-state index in [-0.39, 0.29) is 17.0 Å². The third-order valence-electron chi connectivity index (χ3n) is 4.86. The van der Waals surface area contributed by atoms with Gasteiger partial charge in [-0.3, -0.25) is 10.1 Å². The van der Waals surface area contributed by atoms with Gasteiger partial charge in [0.1, 0.15) is 5.69 Å². The van der Waals surface area contributed by atoms with Crippen LogP contribution in [0.3, 0.4) is 0 Å². The van der Waals surface area contributed by atoms with Crippen molar-refractivity contribution in [1.29, 1.82) is 0 Å². The van der Waals surface area contributed by atoms with Crippen LogP contribution in [0.15, 0.2) is 24.3 Å². The van der Waals surface area contributed by atoms with Crippen LogP contribution in [0.5, 0.6) is 0 Å². The van der Waals surface area contributed by atoms with Gasteiger partial charge in [0.25, 0.3) is 5.69 Å². The molecule has 2 fully saturated rings. The Kier molecular flexibility index (Phi) is 5.55. The van der Waals surface area contributed by atoms with E-state index in [2.05, 4.69) is 5.32 Å². The van der Waals surface area contributed by atoms with Crippen molar-refractivity contribution in [2.24, 2.45) is 0 Å². The number of nitrogens with one attached hydrogen (secondary N) is 1. The van der Waals surface area contributed by atoms with Crippen LogP contribution in [0.4, 0.5) is 11.4 Å². The lowest BCUT2D eigenvalue weighted by Crippen LogP contribution is -2.47. The number of nitro groups is 1. The van der Waals surface area contributed by atoms with Gasteiger partial charge in [0.2, 0.25) is 10.0 Å². The molecule has 0 spiro atoms. The Bertz CT molecular complexity index is 710. The number of benzene rings is 1. The van der Waals surface area contributed by atoms with Crippen LogP contribution < -0.4 is 5.32 Å². The molecule has 1 aromatic rings. The second kappa shape index (κ2) is 7.67. The van der Waals surface area contributed by atoms with Gasteiger partial charge in [-0.15, -0.1) is 0 Å². The molecule has 2 saturated heterocycles. The van der Waals surface area contributed by atoms with Gasteiger partial charge in [-0.25, -0.2) is 12.7 Å². The Labute approximate surface area is 147 Å². The van der Waals surface area contributed by atoms with Gasteiger partial charge in [0.15, 0.2) is 0 Å². The Morgan fingerprint density at radius 3 is 2.40 bits per heavy atom. The molecule has 0 aromatic heterocycles. The third kappa shape index (κ3) is 4.10. The molecule has 0 atom stereocenters. The Hall–Kier alpha value is -1.71. The normalized spacial score (nSPS) is 21.1. The van der Waals surface area contributed by atoms with Crippen molar-refractivity contribution in [2.75, 3.05) is 31.6 Å². The predicted molar refractivity (Wildman–Crippen MR) is 94.1 cm³/mol. The van der Waals surface area contributed by atoms with Crippen molar-refractivity contribution >= 4 is 21.4 Å². The molecule has 1 N–H and O–H groups in total. The maximum absolute atomic E-state index is 12.7. The highest BCUT2D eigenvalue weighted by atomic mass is 32.2. The van der Waals surface area contributed by atoms with Gasteiger partial charge < -0.3 is 10.1 Å². The van der Waals surface area contributed by atoms with Gasteiger partial charge in [-0.1, -0.05) is 12.1 Å². The molecular weight excluding hydrogens is 346 g/mol. The molecular formula is C16H23N3O5S. The minimum Gasteiger partial charge on any atom is -0.381 e. The lowest BCUT2D eigenvalue weighted by Gasteiger charge is -2.35. The number of nitro benzene ring substituents is 1. The number of nitrogens with zero attached hydrogens (tertiary/aromatic N) is 2. The van der Waals surface area contributed by atoms with E-state index in [4.69, 9.17) is 4.74 Å². The first kappa shape index (κ1) is 18.1. The molecule has 0 aliphatic carbocycles. The second-order valence-corrected chi connectivity index (χ2v) is 8.66. The van der Waals surface area contributed by atoms with Gasteiger partial charge in [0, 0.05) is 38.4 Å². The number of para-hydroxylation sites is 2. The number of anilines is 1. The summed E-state index contributed by atoms with van der Waals surface area (Å²) in [5, 5.41) is 13.9. The quantitative estimate of drug-likeness (QED) is 0.629. The van der Waals surface area contributed by atoms with E-state index < -0.39 is 14.9 Å². The molecule has 3 rings (SSSR count). The zero-order chi connectivity index (χ0) is 17.9. The fraction of sp³-hybridized carbons (Fsp3) is 0.625. The number of sulfonamides is 1. The van der Waals surface area contributed by atoms with Crippen molar-refractivity contribution in [1.82, 2.24) is 4.31 Å². The molecule has 2 aliphatic heterocycles. The highest BCUT2D eigenvalue weighted by Gasteiger charge is 2.35. The minimum absolute atomic E-state index is 0.0299. The van der Waals surface area contributed by atoms with E-state index in [0.717, 1.165) is 0 Å². The summed E-state index contributed by atoms with van der Waals surface area (Å²) in [4.78, 5) is 10.7. The van der Waals surface area contributed by atoms with Crippen molar-refractivity contribution in [3.63, 3.8) is 0 Å². The molecule has 138 valence electrons. The topological polar surface area (TPSA) is 102 Å². The smallest absolute Gasteiger partial charge is 0.292 e. The Balaban J connectivity index is 1.60. The summed E-state index contributed by atoms with van der Waals surface area (Å²) in [6, 6.07) is 6.56. The summed E-state index contributed by atoms with van der Waals surface area (Å²) in [5.74, 6) is 0. The zero-order valence-corrected chi connectivity index (χ0v) is 14.8. The van der Waals surface area contributed by atoms with E-state index in [0.29, 0.717) is 57.7 Å². The summed E-state index contributed by atoms with van der Waals surface area (Å²) in [6.45, 7) is 1.88. The fourth-order valence-electron chi connectivity index (χ4n) is 3.41. The molecule has 2 aliphatic rings. The van der Waals surface area contributed by atoms with Crippen LogP contribution in [0.25, 0.3) is 0 Å². The molecule has 25 heavy (non-hydrogen) atoms. The summed E-state index contributed by atoms with van der Waals surface area (Å²) >= 11 is 0. The zero-order valence-electron chi connectivity index (χ0n) is 14.0. The summed E-state index contributed by atoms with van der Waals surface area (Å²) in [5.41, 5.74) is 0.526. The summed E-state index contributed by atoms with van der Waals surface area (Å²) in [6.07, 6.45) is 2.37. The minimum atomic E-state index is -3.29. The molecule has 2 heterocycles. The van der Waals surface area contributed by atoms with Gasteiger partial charge in [-0.05, 0) is 31.7 Å². The molecule has 0 saturated carbocycles. The Morgan fingerprint density at radius 2 is 1.76 bits per heavy atom. The van der Waals surface area contributed by atoms with Crippen molar-refractivity contribution in [3.8, 4) is 0 Å². The standard InChI is InChI=1S/C16H23N3O5S/c20-19(21)16-4-2-1-3-15(16)17-13-5-9-18(10-6-13)25(22,23)14-7-11-24-12-8-14/h1-4,13-14,17H,5-12H2. The molecule has 8 nitrogen and oxygen atoms in total. The van der Waals surface area contributed by atoms with Crippen molar-refractivity contribution in [3.05, 3.63) is 34.4 Å². The van der Waals surface area contributed by atoms with Crippen LogP contribution in [0.2, 0.25) is 0 Å². The van der Waals surface area contributed by atoms with Crippen LogP contribution >= 0.6 is 0 Å². The molecule has 0 amide bonds. The van der Waals surface area contributed by atoms with E-state index in [1.807, 2.05) is 0 Å². The first-order valence-electron chi connectivity index (χ1n) is 8.55. The van der Waals surface area contributed by atoms with E-state index in [1.165, 1.54) is 6.07 Å². The number of hydrogen-bond donors (Lipinski definition) is 1. The third-order valence-corrected chi connectivity index (χ3v) is 7.26. The Morgan fingerprint density at radius 1 is 1.12 bits per heavy atom. The van der Waals surface area contributed by atoms with Crippen molar-refractivity contribution < 1.29 is 18.1 Å². The SMILES string of the molecule is O=[N+]([O-])c1ccccc1NC1CCN(S(=O)(=O)C2CCOCC2)CC1. The van der Waals surface area contributed by atoms with E-state index in [9.17, 15) is 18.5 Å². The van der Waals surface area contributed by atoms with Gasteiger partial charge in [-0.2, -0.15) is 0 Å². The maximum Gasteiger partial charge on any atom is 0.292 e. The second-order valence-electron chi connectivity index (χ2n) is 6.45. The first-order chi connectivity index (χ1) is 12.0. The monoisotopic (exact) mass is 369 g/mol. The first-order valence-corrected chi connectivity index (χ1v) is 10.1. The molecule has 9 heteroatoms. The highest BCUT2D eigenvalue weighted by molar-refractivity contribution is 7.89. The lowest BCUT2D eigenvalue weighted by atomic mass is 10.1. The van der Waals surface area contributed by atoms with E-state index >= 15 is 0 Å². The molecule has 1 aromatic carbocycles. The van der Waals surface area contributed by atoms with Crippen molar-refractivity contribution in [2.45, 2.75) is 37.0 Å². The van der Waals surface area contributed by atoms with Crippen LogP contribution in [0.1, 0.15) is 25.7 Å². The fourth-order valence-corrected chi connectivity index (χ4v) is 5.34. The number of piperidine rings is 1. The summed E-state index contributed by atoms with van der Waals surface area (Å²) < 4.78 is 32.2. The average Bonchev–Trinajstić information content (AvgIpc) is 2.63. The molecule has 0 unspecified atom stereocenters. The number of ether oxygens (including phenoxy) is 1. The molecule has 0 bridgehead atoms. The van der Waals surface area contributed by atoms with Gasteiger partial charge >= 0.3 is 0 Å².